The zero-order valence-corrected chi connectivity index (χ0v) is 19.8. The minimum absolute atomic E-state index is 0.0347. The molecule has 3 aromatic rings. The first kappa shape index (κ1) is 24.5. The Kier molecular flexibility index (Phi) is 7.84. The number of halogens is 1. The molecule has 10 heteroatoms. The van der Waals surface area contributed by atoms with E-state index in [4.69, 9.17) is 4.74 Å². The number of carbonyl (C=O) groups excluding carboxylic acids is 2. The predicted octanol–water partition coefficient (Wildman–Crippen LogP) is 2.59. The van der Waals surface area contributed by atoms with Gasteiger partial charge in [-0.25, -0.2) is 4.39 Å². The highest BCUT2D eigenvalue weighted by Crippen LogP contribution is 2.29. The molecule has 4 rings (SSSR count). The number of likely N-dealkylation sites (N-methyl/N-ethyl adjacent to an activating group) is 1. The molecule has 35 heavy (non-hydrogen) atoms. The number of anilines is 1. The summed E-state index contributed by atoms with van der Waals surface area (Å²) in [5.41, 5.74) is 1.87. The van der Waals surface area contributed by atoms with Gasteiger partial charge in [0.1, 0.15) is 12.4 Å². The van der Waals surface area contributed by atoms with Gasteiger partial charge in [-0.1, -0.05) is 12.1 Å². The van der Waals surface area contributed by atoms with Gasteiger partial charge in [-0.2, -0.15) is 5.10 Å². The van der Waals surface area contributed by atoms with Gasteiger partial charge in [-0.3, -0.25) is 24.2 Å². The van der Waals surface area contributed by atoms with Crippen LogP contribution in [0.25, 0.3) is 0 Å². The number of likely N-dealkylation sites (tertiary alicyclic amines) is 1. The Bertz CT molecular complexity index is 1150. The second-order valence-electron chi connectivity index (χ2n) is 8.81. The zero-order chi connectivity index (χ0) is 24.8. The molecule has 1 aliphatic rings. The molecule has 2 atom stereocenters. The van der Waals surface area contributed by atoms with E-state index in [9.17, 15) is 14.0 Å². The minimum Gasteiger partial charge on any atom is -0.370 e. The lowest BCUT2D eigenvalue weighted by Crippen LogP contribution is -2.34. The van der Waals surface area contributed by atoms with Gasteiger partial charge in [-0.05, 0) is 36.2 Å². The molecule has 2 amide bonds. The third-order valence-electron chi connectivity index (χ3n) is 5.97. The summed E-state index contributed by atoms with van der Waals surface area (Å²) in [6, 6.07) is 9.63. The molecule has 1 aromatic carbocycles. The number of benzene rings is 1. The third kappa shape index (κ3) is 6.49. The molecule has 1 aliphatic heterocycles. The highest BCUT2D eigenvalue weighted by Gasteiger charge is 2.34. The van der Waals surface area contributed by atoms with Gasteiger partial charge < -0.3 is 15.0 Å². The summed E-state index contributed by atoms with van der Waals surface area (Å²) < 4.78 is 21.0. The van der Waals surface area contributed by atoms with E-state index in [0.29, 0.717) is 18.8 Å². The van der Waals surface area contributed by atoms with E-state index < -0.39 is 11.7 Å². The largest absolute Gasteiger partial charge is 0.370 e. The van der Waals surface area contributed by atoms with Crippen LogP contribution >= 0.6 is 0 Å². The van der Waals surface area contributed by atoms with Gasteiger partial charge in [-0.15, -0.1) is 0 Å². The molecule has 0 aliphatic carbocycles. The summed E-state index contributed by atoms with van der Waals surface area (Å²) in [5.74, 6) is -0.942. The topological polar surface area (TPSA) is 92.6 Å². The maximum atomic E-state index is 13.4. The molecule has 1 fully saturated rings. The summed E-state index contributed by atoms with van der Waals surface area (Å²) in [6.07, 6.45) is 7.72. The summed E-state index contributed by atoms with van der Waals surface area (Å²) >= 11 is 0. The SMILES string of the molecule is CN(C)C(=O)COC[C@@H]1C[C@H](n2cc(NC(=O)c3cccc(F)c3)cn2)CN1Cc1cccnc1. The lowest BCUT2D eigenvalue weighted by atomic mass is 10.2. The van der Waals surface area contributed by atoms with Crippen LogP contribution < -0.4 is 5.32 Å². The summed E-state index contributed by atoms with van der Waals surface area (Å²) in [7, 11) is 3.41. The number of nitrogens with zero attached hydrogens (tertiary/aromatic N) is 5. The Hall–Kier alpha value is -3.63. The van der Waals surface area contributed by atoms with Crippen molar-refractivity contribution in [3.8, 4) is 0 Å². The van der Waals surface area contributed by atoms with Crippen LogP contribution in [0.3, 0.4) is 0 Å². The quantitative estimate of drug-likeness (QED) is 0.506. The molecule has 1 saturated heterocycles. The van der Waals surface area contributed by atoms with Crippen LogP contribution in [0.1, 0.15) is 28.4 Å². The zero-order valence-electron chi connectivity index (χ0n) is 19.8. The predicted molar refractivity (Wildman–Crippen MR) is 128 cm³/mol. The third-order valence-corrected chi connectivity index (χ3v) is 5.97. The highest BCUT2D eigenvalue weighted by molar-refractivity contribution is 6.04. The van der Waals surface area contributed by atoms with E-state index in [0.717, 1.165) is 18.5 Å². The number of rotatable bonds is 9. The van der Waals surface area contributed by atoms with Crippen LogP contribution in [0.2, 0.25) is 0 Å². The second kappa shape index (κ2) is 11.2. The van der Waals surface area contributed by atoms with Gasteiger partial charge in [0.2, 0.25) is 5.91 Å². The average Bonchev–Trinajstić information content (AvgIpc) is 3.46. The fraction of sp³-hybridized carbons (Fsp3) is 0.360. The van der Waals surface area contributed by atoms with Crippen molar-refractivity contribution in [2.24, 2.45) is 0 Å². The Balaban J connectivity index is 1.41. The number of carbonyl (C=O) groups is 2. The highest BCUT2D eigenvalue weighted by atomic mass is 19.1. The second-order valence-corrected chi connectivity index (χ2v) is 8.81. The molecule has 0 radical (unpaired) electrons. The minimum atomic E-state index is -0.464. The summed E-state index contributed by atoms with van der Waals surface area (Å²) in [6.45, 7) is 1.88. The van der Waals surface area contributed by atoms with Gasteiger partial charge in [0.15, 0.2) is 0 Å². The molecule has 1 N–H and O–H groups in total. The van der Waals surface area contributed by atoms with Crippen molar-refractivity contribution in [2.45, 2.75) is 25.0 Å². The number of hydrogen-bond donors (Lipinski definition) is 1. The van der Waals surface area contributed by atoms with Crippen molar-refractivity contribution in [3.05, 3.63) is 78.1 Å². The maximum absolute atomic E-state index is 13.4. The van der Waals surface area contributed by atoms with Gasteiger partial charge in [0.05, 0.1) is 24.5 Å². The van der Waals surface area contributed by atoms with Gasteiger partial charge in [0.25, 0.3) is 5.91 Å². The lowest BCUT2D eigenvalue weighted by molar-refractivity contribution is -0.134. The van der Waals surface area contributed by atoms with Gasteiger partial charge >= 0.3 is 0 Å². The van der Waals surface area contributed by atoms with Crippen molar-refractivity contribution < 1.29 is 18.7 Å². The number of nitrogens with one attached hydrogen (secondary N) is 1. The van der Waals surface area contributed by atoms with E-state index in [1.54, 1.807) is 38.8 Å². The van der Waals surface area contributed by atoms with Crippen molar-refractivity contribution >= 4 is 17.5 Å². The standard InChI is InChI=1S/C25H29FN6O3/c1-30(2)24(33)17-35-16-23-10-22(15-31(23)13-18-5-4-8-27-11-18)32-14-21(12-28-32)29-25(34)19-6-3-7-20(26)9-19/h3-9,11-12,14,22-23H,10,13,15-17H2,1-2H3,(H,29,34)/t22-,23-/m0/s1. The average molecular weight is 481 g/mol. The van der Waals surface area contributed by atoms with Crippen LogP contribution in [-0.4, -0.2) is 76.3 Å². The molecule has 184 valence electrons. The van der Waals surface area contributed by atoms with Crippen LogP contribution in [0.5, 0.6) is 0 Å². The number of amides is 2. The molecule has 0 spiro atoms. The smallest absolute Gasteiger partial charge is 0.255 e. The molecule has 0 unspecified atom stereocenters. The van der Waals surface area contributed by atoms with Crippen LogP contribution in [0, 0.1) is 5.82 Å². The summed E-state index contributed by atoms with van der Waals surface area (Å²) in [5, 5.41) is 7.23. The number of ether oxygens (including phenoxy) is 1. The van der Waals surface area contributed by atoms with E-state index >= 15 is 0 Å². The fourth-order valence-electron chi connectivity index (χ4n) is 4.09. The normalized spacial score (nSPS) is 17.9. The first-order valence-electron chi connectivity index (χ1n) is 11.4. The Labute approximate surface area is 203 Å². The number of hydrogen-bond acceptors (Lipinski definition) is 6. The van der Waals surface area contributed by atoms with Gasteiger partial charge in [0, 0.05) is 57.4 Å². The lowest BCUT2D eigenvalue weighted by Gasteiger charge is -2.24. The molecule has 9 nitrogen and oxygen atoms in total. The maximum Gasteiger partial charge on any atom is 0.255 e. The molecular weight excluding hydrogens is 451 g/mol. The van der Waals surface area contributed by atoms with Crippen LogP contribution in [-0.2, 0) is 16.1 Å². The van der Waals surface area contributed by atoms with E-state index in [-0.39, 0.29) is 30.2 Å². The van der Waals surface area contributed by atoms with Crippen molar-refractivity contribution in [1.29, 1.82) is 0 Å². The first-order valence-corrected chi connectivity index (χ1v) is 11.4. The van der Waals surface area contributed by atoms with Crippen LogP contribution in [0.15, 0.2) is 61.2 Å². The van der Waals surface area contributed by atoms with Crippen molar-refractivity contribution in [2.75, 3.05) is 39.2 Å². The number of pyridine rings is 1. The van der Waals surface area contributed by atoms with E-state index in [2.05, 4.69) is 20.3 Å². The molecule has 2 aromatic heterocycles. The van der Waals surface area contributed by atoms with Crippen LogP contribution in [0.4, 0.5) is 10.1 Å². The summed E-state index contributed by atoms with van der Waals surface area (Å²) in [4.78, 5) is 32.4. The first-order chi connectivity index (χ1) is 16.9. The number of aromatic nitrogens is 3. The van der Waals surface area contributed by atoms with Crippen molar-refractivity contribution in [3.63, 3.8) is 0 Å². The monoisotopic (exact) mass is 480 g/mol. The Morgan fingerprint density at radius 1 is 1.23 bits per heavy atom. The molecule has 0 bridgehead atoms. The van der Waals surface area contributed by atoms with E-state index in [1.807, 2.05) is 23.0 Å². The van der Waals surface area contributed by atoms with E-state index in [1.165, 1.54) is 23.1 Å². The molecular formula is C25H29FN6O3. The Morgan fingerprint density at radius 2 is 2.09 bits per heavy atom. The Morgan fingerprint density at radius 3 is 2.83 bits per heavy atom. The molecule has 0 saturated carbocycles. The van der Waals surface area contributed by atoms with Crippen molar-refractivity contribution in [1.82, 2.24) is 24.6 Å². The molecule has 3 heterocycles. The fourth-order valence-corrected chi connectivity index (χ4v) is 4.09.